The molecule has 1 N–H and O–H groups in total. The Kier molecular flexibility index (Phi) is 5.48. The van der Waals surface area contributed by atoms with Crippen LogP contribution in [0.4, 0.5) is 5.82 Å². The average molecular weight is 329 g/mol. The quantitative estimate of drug-likeness (QED) is 0.885. The Morgan fingerprint density at radius 3 is 3.00 bits per heavy atom. The molecule has 128 valence electrons. The Morgan fingerprint density at radius 2 is 2.25 bits per heavy atom. The zero-order valence-corrected chi connectivity index (χ0v) is 13.9. The first-order chi connectivity index (χ1) is 11.7. The summed E-state index contributed by atoms with van der Waals surface area (Å²) in [6.07, 6.45) is 2.43. The largest absolute Gasteiger partial charge is 0.493 e. The van der Waals surface area contributed by atoms with E-state index in [1.807, 2.05) is 43.4 Å². The monoisotopic (exact) mass is 329 g/mol. The molecule has 2 aromatic rings. The number of anilines is 1. The molecule has 0 bridgehead atoms. The van der Waals surface area contributed by atoms with Crippen LogP contribution in [-0.4, -0.2) is 35.5 Å². The van der Waals surface area contributed by atoms with Crippen molar-refractivity contribution in [2.75, 3.05) is 25.1 Å². The number of amides is 1. The van der Waals surface area contributed by atoms with Crippen molar-refractivity contribution in [3.8, 4) is 5.75 Å². The fourth-order valence-corrected chi connectivity index (χ4v) is 2.76. The molecule has 0 spiro atoms. The summed E-state index contributed by atoms with van der Waals surface area (Å²) < 4.78 is 12.8. The van der Waals surface area contributed by atoms with Crippen molar-refractivity contribution in [1.82, 2.24) is 9.78 Å². The van der Waals surface area contributed by atoms with Gasteiger partial charge in [0, 0.05) is 25.6 Å². The van der Waals surface area contributed by atoms with Gasteiger partial charge in [-0.2, -0.15) is 5.10 Å². The van der Waals surface area contributed by atoms with Gasteiger partial charge >= 0.3 is 0 Å². The van der Waals surface area contributed by atoms with Crippen molar-refractivity contribution in [2.45, 2.75) is 25.2 Å². The number of hydrogen-bond acceptors (Lipinski definition) is 4. The molecular weight excluding hydrogens is 306 g/mol. The van der Waals surface area contributed by atoms with Gasteiger partial charge < -0.3 is 14.8 Å². The van der Waals surface area contributed by atoms with Gasteiger partial charge in [-0.1, -0.05) is 18.2 Å². The predicted octanol–water partition coefficient (Wildman–Crippen LogP) is 2.72. The van der Waals surface area contributed by atoms with Crippen molar-refractivity contribution in [3.63, 3.8) is 0 Å². The molecule has 24 heavy (non-hydrogen) atoms. The number of carbonyl (C=O) groups excluding carboxylic acids is 1. The number of benzene rings is 1. The molecule has 1 atom stereocenters. The van der Waals surface area contributed by atoms with Crippen LogP contribution in [0.1, 0.15) is 30.9 Å². The molecule has 3 rings (SSSR count). The third-order valence-electron chi connectivity index (χ3n) is 4.09. The van der Waals surface area contributed by atoms with Gasteiger partial charge in [0.05, 0.1) is 25.3 Å². The molecule has 0 saturated carbocycles. The summed E-state index contributed by atoms with van der Waals surface area (Å²) in [6, 6.07) is 11.4. The topological polar surface area (TPSA) is 65.4 Å². The van der Waals surface area contributed by atoms with E-state index in [-0.39, 0.29) is 5.91 Å². The SMILES string of the molecule is Cn1nc([C@@H]2CCCOC2)cc1NC(=O)CCOc1ccccc1. The minimum Gasteiger partial charge on any atom is -0.493 e. The van der Waals surface area contributed by atoms with Gasteiger partial charge in [0.15, 0.2) is 0 Å². The first-order valence-corrected chi connectivity index (χ1v) is 8.32. The first-order valence-electron chi connectivity index (χ1n) is 8.32. The van der Waals surface area contributed by atoms with Crippen LogP contribution < -0.4 is 10.1 Å². The molecule has 0 unspecified atom stereocenters. The second-order valence-corrected chi connectivity index (χ2v) is 5.95. The summed E-state index contributed by atoms with van der Waals surface area (Å²) in [7, 11) is 1.84. The van der Waals surface area contributed by atoms with Crippen LogP contribution in [0.5, 0.6) is 5.75 Å². The summed E-state index contributed by atoms with van der Waals surface area (Å²) in [6.45, 7) is 1.88. The van der Waals surface area contributed by atoms with Crippen molar-refractivity contribution in [1.29, 1.82) is 0 Å². The number of ether oxygens (including phenoxy) is 2. The normalized spacial score (nSPS) is 17.5. The summed E-state index contributed by atoms with van der Waals surface area (Å²) >= 11 is 0. The molecule has 1 fully saturated rings. The molecule has 0 aliphatic carbocycles. The van der Waals surface area contributed by atoms with E-state index in [1.54, 1.807) is 4.68 Å². The maximum atomic E-state index is 12.1. The molecule has 1 amide bonds. The summed E-state index contributed by atoms with van der Waals surface area (Å²) in [4.78, 5) is 12.1. The van der Waals surface area contributed by atoms with Crippen LogP contribution in [0.3, 0.4) is 0 Å². The highest BCUT2D eigenvalue weighted by Crippen LogP contribution is 2.26. The van der Waals surface area contributed by atoms with E-state index in [2.05, 4.69) is 10.4 Å². The van der Waals surface area contributed by atoms with E-state index in [1.165, 1.54) is 0 Å². The maximum Gasteiger partial charge on any atom is 0.228 e. The van der Waals surface area contributed by atoms with Crippen LogP contribution in [0.15, 0.2) is 36.4 Å². The average Bonchev–Trinajstić information content (AvgIpc) is 2.97. The van der Waals surface area contributed by atoms with E-state index < -0.39 is 0 Å². The summed E-state index contributed by atoms with van der Waals surface area (Å²) in [5.41, 5.74) is 0.980. The van der Waals surface area contributed by atoms with Crippen molar-refractivity contribution in [2.24, 2.45) is 7.05 Å². The highest BCUT2D eigenvalue weighted by molar-refractivity contribution is 5.90. The smallest absolute Gasteiger partial charge is 0.228 e. The number of para-hydroxylation sites is 1. The van der Waals surface area contributed by atoms with E-state index in [9.17, 15) is 4.79 Å². The van der Waals surface area contributed by atoms with Crippen molar-refractivity contribution < 1.29 is 14.3 Å². The molecule has 1 aromatic heterocycles. The molecule has 1 aliphatic rings. The van der Waals surface area contributed by atoms with Gasteiger partial charge in [0.1, 0.15) is 11.6 Å². The van der Waals surface area contributed by atoms with Gasteiger partial charge in [0.25, 0.3) is 0 Å². The summed E-state index contributed by atoms with van der Waals surface area (Å²) in [5, 5.41) is 7.40. The summed E-state index contributed by atoms with van der Waals surface area (Å²) in [5.74, 6) is 1.71. The van der Waals surface area contributed by atoms with E-state index >= 15 is 0 Å². The van der Waals surface area contributed by atoms with Crippen LogP contribution in [0.25, 0.3) is 0 Å². The number of rotatable bonds is 6. The maximum absolute atomic E-state index is 12.1. The number of nitrogens with one attached hydrogen (secondary N) is 1. The number of aryl methyl sites for hydroxylation is 1. The molecule has 2 heterocycles. The fraction of sp³-hybridized carbons (Fsp3) is 0.444. The fourth-order valence-electron chi connectivity index (χ4n) is 2.76. The first kappa shape index (κ1) is 16.5. The van der Waals surface area contributed by atoms with Gasteiger partial charge in [-0.25, -0.2) is 0 Å². The molecule has 1 aliphatic heterocycles. The molecule has 0 radical (unpaired) electrons. The van der Waals surface area contributed by atoms with Crippen molar-refractivity contribution in [3.05, 3.63) is 42.1 Å². The molecule has 6 heteroatoms. The highest BCUT2D eigenvalue weighted by Gasteiger charge is 2.20. The Balaban J connectivity index is 1.49. The zero-order valence-electron chi connectivity index (χ0n) is 13.9. The van der Waals surface area contributed by atoms with Gasteiger partial charge in [-0.15, -0.1) is 0 Å². The molecular formula is C18H23N3O3. The Hall–Kier alpha value is -2.34. The van der Waals surface area contributed by atoms with Crippen LogP contribution in [-0.2, 0) is 16.6 Å². The number of hydrogen-bond donors (Lipinski definition) is 1. The Morgan fingerprint density at radius 1 is 1.42 bits per heavy atom. The number of aromatic nitrogens is 2. The van der Waals surface area contributed by atoms with Gasteiger partial charge in [-0.05, 0) is 25.0 Å². The Labute approximate surface area is 141 Å². The standard InChI is InChI=1S/C18H23N3O3/c1-21-17(12-16(20-21)14-6-5-10-23-13-14)19-18(22)9-11-24-15-7-3-2-4-8-15/h2-4,7-8,12,14H,5-6,9-11,13H2,1H3,(H,19,22)/t14-/m1/s1. The predicted molar refractivity (Wildman–Crippen MR) is 91.2 cm³/mol. The van der Waals surface area contributed by atoms with E-state index in [0.29, 0.717) is 31.4 Å². The number of carbonyl (C=O) groups is 1. The lowest BCUT2D eigenvalue weighted by Crippen LogP contribution is -2.17. The Bertz CT molecular complexity index is 663. The van der Waals surface area contributed by atoms with Crippen LogP contribution >= 0.6 is 0 Å². The highest BCUT2D eigenvalue weighted by atomic mass is 16.5. The third kappa shape index (κ3) is 4.35. The van der Waals surface area contributed by atoms with Crippen LogP contribution in [0.2, 0.25) is 0 Å². The van der Waals surface area contributed by atoms with E-state index in [0.717, 1.165) is 30.9 Å². The minimum atomic E-state index is -0.0830. The lowest BCUT2D eigenvalue weighted by Gasteiger charge is -2.19. The molecule has 6 nitrogen and oxygen atoms in total. The number of nitrogens with zero attached hydrogens (tertiary/aromatic N) is 2. The third-order valence-corrected chi connectivity index (χ3v) is 4.09. The lowest BCUT2D eigenvalue weighted by atomic mass is 9.99. The van der Waals surface area contributed by atoms with Gasteiger partial charge in [-0.3, -0.25) is 9.48 Å². The van der Waals surface area contributed by atoms with Crippen LogP contribution in [0, 0.1) is 0 Å². The zero-order chi connectivity index (χ0) is 16.8. The van der Waals surface area contributed by atoms with Gasteiger partial charge in [0.2, 0.25) is 5.91 Å². The molecule has 1 saturated heterocycles. The second kappa shape index (κ2) is 7.97. The minimum absolute atomic E-state index is 0.0830. The molecule has 1 aromatic carbocycles. The van der Waals surface area contributed by atoms with E-state index in [4.69, 9.17) is 9.47 Å². The second-order valence-electron chi connectivity index (χ2n) is 5.95. The van der Waals surface area contributed by atoms with Crippen molar-refractivity contribution >= 4 is 11.7 Å². The lowest BCUT2D eigenvalue weighted by molar-refractivity contribution is -0.116.